The van der Waals surface area contributed by atoms with Crippen molar-refractivity contribution >= 4 is 5.97 Å². The van der Waals surface area contributed by atoms with Crippen molar-refractivity contribution in [2.45, 2.75) is 238 Å². The first kappa shape index (κ1) is 60.4. The van der Waals surface area contributed by atoms with Crippen LogP contribution in [0.2, 0.25) is 0 Å². The third kappa shape index (κ3) is 39.9. The van der Waals surface area contributed by atoms with Crippen molar-refractivity contribution in [2.75, 3.05) is 6.61 Å². The second kappa shape index (κ2) is 39.7. The molecule has 0 fully saturated rings. The van der Waals surface area contributed by atoms with Gasteiger partial charge in [-0.1, -0.05) is 134 Å². The molecule has 360 valence electrons. The number of ether oxygens (including phenoxy) is 1. The van der Waals surface area contributed by atoms with Crippen LogP contribution in [0.3, 0.4) is 0 Å². The molecule has 0 amide bonds. The molecule has 0 unspecified atom stereocenters. The fraction of sp³-hybridized carbons (Fsp3) is 0.597. The summed E-state index contributed by atoms with van der Waals surface area (Å²) >= 11 is 0. The van der Waals surface area contributed by atoms with E-state index in [-0.39, 0.29) is 5.97 Å². The second-order valence-corrected chi connectivity index (χ2v) is 19.5. The number of carbonyl (C=O) groups excluding carboxylic acids is 1. The Morgan fingerprint density at radius 1 is 0.281 bits per heavy atom. The highest BCUT2D eigenvalue weighted by molar-refractivity contribution is 5.82. The molecule has 0 aromatic heterocycles. The molecule has 0 aromatic carbocycles. The molecule has 0 aliphatic heterocycles. The Morgan fingerprint density at radius 2 is 0.453 bits per heavy atom. The second-order valence-electron chi connectivity index (χ2n) is 19.5. The van der Waals surface area contributed by atoms with E-state index in [9.17, 15) is 4.79 Å². The molecule has 0 rings (SSSR count). The van der Waals surface area contributed by atoms with Crippen LogP contribution in [0.15, 0.2) is 140 Å². The van der Waals surface area contributed by atoms with Gasteiger partial charge in [0.05, 0.1) is 6.61 Å². The Morgan fingerprint density at radius 3 is 0.625 bits per heavy atom. The van der Waals surface area contributed by atoms with Crippen LogP contribution in [-0.4, -0.2) is 12.6 Å². The zero-order chi connectivity index (χ0) is 48.0. The molecule has 0 saturated heterocycles. The Bertz CT molecular complexity index is 1690. The molecule has 2 heteroatoms. The first-order valence-electron chi connectivity index (χ1n) is 25.5. The summed E-state index contributed by atoms with van der Waals surface area (Å²) in [5.41, 5.74) is 17.6. The summed E-state index contributed by atoms with van der Waals surface area (Å²) in [7, 11) is 0. The lowest BCUT2D eigenvalue weighted by molar-refractivity contribution is -0.137. The van der Waals surface area contributed by atoms with E-state index in [1.165, 1.54) is 106 Å². The Balaban J connectivity index is 4.30. The fourth-order valence-electron chi connectivity index (χ4n) is 7.53. The van der Waals surface area contributed by atoms with Gasteiger partial charge in [0, 0.05) is 6.08 Å². The SMILES string of the molecule is CCOC(=O)C=C(C)CCC=C(C)CCC=C(C)CCC=C(C)CCC=C(C)CCC=C(C)CCC=C(C)CCC=C(C)CCC=C(C)CCC=C(C)CCC=C(C)CCC=C(C)C. The minimum Gasteiger partial charge on any atom is -0.463 e. The minimum absolute atomic E-state index is 0.233. The van der Waals surface area contributed by atoms with E-state index >= 15 is 0 Å². The van der Waals surface area contributed by atoms with Gasteiger partial charge in [0.1, 0.15) is 0 Å². The quantitative estimate of drug-likeness (QED) is 0.0360. The van der Waals surface area contributed by atoms with Gasteiger partial charge in [-0.2, -0.15) is 0 Å². The summed E-state index contributed by atoms with van der Waals surface area (Å²) in [4.78, 5) is 11.6. The van der Waals surface area contributed by atoms with E-state index in [0.717, 1.165) is 102 Å². The summed E-state index contributed by atoms with van der Waals surface area (Å²) in [6, 6.07) is 0. The maximum atomic E-state index is 11.6. The van der Waals surface area contributed by atoms with Crippen LogP contribution in [0.25, 0.3) is 0 Å². The smallest absolute Gasteiger partial charge is 0.330 e. The molecule has 0 radical (unpaired) electrons. The maximum Gasteiger partial charge on any atom is 0.330 e. The lowest BCUT2D eigenvalue weighted by Gasteiger charge is -2.04. The van der Waals surface area contributed by atoms with E-state index in [1.807, 2.05) is 13.8 Å². The van der Waals surface area contributed by atoms with Crippen LogP contribution in [0.5, 0.6) is 0 Å². The van der Waals surface area contributed by atoms with Crippen molar-refractivity contribution in [1.82, 2.24) is 0 Å². The van der Waals surface area contributed by atoms with Crippen molar-refractivity contribution in [2.24, 2.45) is 0 Å². The molecule has 2 nitrogen and oxygen atoms in total. The summed E-state index contributed by atoms with van der Waals surface area (Å²) in [5, 5.41) is 0. The largest absolute Gasteiger partial charge is 0.463 e. The highest BCUT2D eigenvalue weighted by Gasteiger charge is 2.00. The number of rotatable bonds is 35. The molecule has 0 aromatic rings. The maximum absolute atomic E-state index is 11.6. The average molecular weight is 877 g/mol. The van der Waals surface area contributed by atoms with E-state index < -0.39 is 0 Å². The Labute approximate surface area is 398 Å². The summed E-state index contributed by atoms with van der Waals surface area (Å²) in [5.74, 6) is -0.233. The van der Waals surface area contributed by atoms with E-state index in [4.69, 9.17) is 4.74 Å². The van der Waals surface area contributed by atoms with Crippen LogP contribution in [0.1, 0.15) is 238 Å². The predicted octanol–water partition coefficient (Wildman–Crippen LogP) is 20.5. The molecular formula is C62H100O2. The third-order valence-corrected chi connectivity index (χ3v) is 12.1. The highest BCUT2D eigenvalue weighted by Crippen LogP contribution is 2.19. The molecule has 0 aliphatic carbocycles. The van der Waals surface area contributed by atoms with Crippen molar-refractivity contribution in [3.05, 3.63) is 140 Å². The van der Waals surface area contributed by atoms with E-state index in [0.29, 0.717) is 6.61 Å². The first-order chi connectivity index (χ1) is 30.5. The summed E-state index contributed by atoms with van der Waals surface area (Å²) in [6.45, 7) is 31.5. The standard InChI is InChI=1S/C62H100O2/c1-15-64-62(63)49-61(14)48-26-47-60(13)46-25-45-59(12)44-24-43-58(11)42-23-41-57(10)40-22-39-56(9)38-21-37-55(8)36-20-35-54(7)34-19-33-53(6)32-18-31-52(5)30-17-29-51(4)28-16-27-50(2)3/h27,29,31,33,35,37,39,41,43,45,47,49H,15-26,28,30,32,34,36,38,40,42,44,46,48H2,1-14H3. The van der Waals surface area contributed by atoms with Gasteiger partial charge in [-0.05, 0) is 238 Å². The Hall–Kier alpha value is -3.65. The van der Waals surface area contributed by atoms with Crippen LogP contribution < -0.4 is 0 Å². The van der Waals surface area contributed by atoms with Gasteiger partial charge in [0.15, 0.2) is 0 Å². The fourth-order valence-corrected chi connectivity index (χ4v) is 7.53. The minimum atomic E-state index is -0.233. The number of hydrogen-bond acceptors (Lipinski definition) is 2. The van der Waals surface area contributed by atoms with Gasteiger partial charge in [-0.3, -0.25) is 0 Å². The van der Waals surface area contributed by atoms with E-state index in [1.54, 1.807) is 6.08 Å². The number of allylic oxidation sites excluding steroid dienone is 23. The lowest BCUT2D eigenvalue weighted by Crippen LogP contribution is -2.00. The topological polar surface area (TPSA) is 26.3 Å². The zero-order valence-electron chi connectivity index (χ0n) is 44.5. The highest BCUT2D eigenvalue weighted by atomic mass is 16.5. The van der Waals surface area contributed by atoms with Crippen molar-refractivity contribution < 1.29 is 9.53 Å². The molecule has 0 aliphatic rings. The summed E-state index contributed by atoms with van der Waals surface area (Å²) < 4.78 is 5.00. The number of carbonyl (C=O) groups is 1. The molecule has 0 heterocycles. The number of hydrogen-bond donors (Lipinski definition) is 0. The van der Waals surface area contributed by atoms with Crippen LogP contribution in [0, 0.1) is 0 Å². The van der Waals surface area contributed by atoms with Gasteiger partial charge in [0.2, 0.25) is 0 Å². The molecule has 64 heavy (non-hydrogen) atoms. The van der Waals surface area contributed by atoms with Crippen LogP contribution in [0.4, 0.5) is 0 Å². The predicted molar refractivity (Wildman–Crippen MR) is 289 cm³/mol. The third-order valence-electron chi connectivity index (χ3n) is 12.1. The Kier molecular flexibility index (Phi) is 37.4. The van der Waals surface area contributed by atoms with Crippen molar-refractivity contribution in [3.63, 3.8) is 0 Å². The zero-order valence-corrected chi connectivity index (χ0v) is 44.5. The van der Waals surface area contributed by atoms with Gasteiger partial charge in [0.25, 0.3) is 0 Å². The van der Waals surface area contributed by atoms with Crippen molar-refractivity contribution in [3.8, 4) is 0 Å². The van der Waals surface area contributed by atoms with Gasteiger partial charge < -0.3 is 4.74 Å². The van der Waals surface area contributed by atoms with Gasteiger partial charge >= 0.3 is 5.97 Å². The monoisotopic (exact) mass is 877 g/mol. The van der Waals surface area contributed by atoms with Gasteiger partial charge in [-0.25, -0.2) is 4.79 Å². The van der Waals surface area contributed by atoms with Gasteiger partial charge in [-0.15, -0.1) is 0 Å². The molecule has 0 spiro atoms. The lowest BCUT2D eigenvalue weighted by atomic mass is 10.0. The summed E-state index contributed by atoms with van der Waals surface area (Å²) in [6.07, 6.45) is 53.2. The molecule has 0 bridgehead atoms. The normalized spacial score (nSPS) is 14.8. The molecule has 0 atom stereocenters. The molecule has 0 saturated carbocycles. The van der Waals surface area contributed by atoms with Crippen molar-refractivity contribution in [1.29, 1.82) is 0 Å². The first-order valence-corrected chi connectivity index (χ1v) is 25.5. The van der Waals surface area contributed by atoms with Crippen LogP contribution in [-0.2, 0) is 9.53 Å². The molecule has 0 N–H and O–H groups in total. The van der Waals surface area contributed by atoms with E-state index in [2.05, 4.69) is 150 Å². The average Bonchev–Trinajstić information content (AvgIpc) is 3.20. The molecular weight excluding hydrogens is 777 g/mol. The van der Waals surface area contributed by atoms with Crippen LogP contribution >= 0.6 is 0 Å². The number of esters is 1.